The number of benzene rings is 2. The van der Waals surface area contributed by atoms with Gasteiger partial charge in [0.1, 0.15) is 5.75 Å². The number of aryl methyl sites for hydroxylation is 1. The largest absolute Gasteiger partial charge is 0.497 e. The molecule has 0 saturated carbocycles. The summed E-state index contributed by atoms with van der Waals surface area (Å²) < 4.78 is 32.1. The summed E-state index contributed by atoms with van der Waals surface area (Å²) in [5.74, 6) is 0.259. The predicted molar refractivity (Wildman–Crippen MR) is 109 cm³/mol. The number of nitrogens with zero attached hydrogens (tertiary/aromatic N) is 1. The van der Waals surface area contributed by atoms with Crippen LogP contribution < -0.4 is 10.1 Å². The van der Waals surface area contributed by atoms with E-state index < -0.39 is 10.0 Å². The smallest absolute Gasteiger partial charge is 0.243 e. The Morgan fingerprint density at radius 2 is 1.79 bits per heavy atom. The molecule has 2 aromatic carbocycles. The van der Waals surface area contributed by atoms with E-state index in [2.05, 4.69) is 5.32 Å². The number of nitrogens with one attached hydrogen (secondary N) is 1. The Kier molecular flexibility index (Phi) is 6.27. The average Bonchev–Trinajstić information content (AvgIpc) is 2.71. The molecule has 1 N–H and O–H groups in total. The number of piperidine rings is 1. The quantitative estimate of drug-likeness (QED) is 0.797. The molecule has 0 aliphatic carbocycles. The van der Waals surface area contributed by atoms with Crippen LogP contribution in [0.5, 0.6) is 5.75 Å². The fraction of sp³-hybridized carbons (Fsp3) is 0.350. The van der Waals surface area contributed by atoms with Gasteiger partial charge in [-0.3, -0.25) is 4.79 Å². The van der Waals surface area contributed by atoms with Crippen molar-refractivity contribution in [1.29, 1.82) is 0 Å². The molecular weight excluding hydrogens is 400 g/mol. The Hall–Kier alpha value is -2.09. The van der Waals surface area contributed by atoms with Crippen LogP contribution in [-0.2, 0) is 14.8 Å². The highest BCUT2D eigenvalue weighted by atomic mass is 35.5. The zero-order chi connectivity index (χ0) is 20.3. The number of halogens is 1. The van der Waals surface area contributed by atoms with Gasteiger partial charge in [-0.1, -0.05) is 17.7 Å². The van der Waals surface area contributed by atoms with Crippen molar-refractivity contribution in [2.24, 2.45) is 5.92 Å². The van der Waals surface area contributed by atoms with E-state index in [0.717, 1.165) is 5.56 Å². The first-order chi connectivity index (χ1) is 13.3. The van der Waals surface area contributed by atoms with Gasteiger partial charge in [-0.05, 0) is 61.7 Å². The summed E-state index contributed by atoms with van der Waals surface area (Å²) in [7, 11) is -2.05. The van der Waals surface area contributed by atoms with Crippen LogP contribution >= 0.6 is 11.6 Å². The van der Waals surface area contributed by atoms with Gasteiger partial charge in [-0.15, -0.1) is 0 Å². The van der Waals surface area contributed by atoms with Crippen molar-refractivity contribution in [2.45, 2.75) is 24.7 Å². The second-order valence-corrected chi connectivity index (χ2v) is 9.15. The Balaban J connectivity index is 1.61. The monoisotopic (exact) mass is 422 g/mol. The van der Waals surface area contributed by atoms with Crippen LogP contribution in [0.3, 0.4) is 0 Å². The highest BCUT2D eigenvalue weighted by Crippen LogP contribution is 2.27. The summed E-state index contributed by atoms with van der Waals surface area (Å²) in [5.41, 5.74) is 1.59. The number of rotatable bonds is 5. The number of methoxy groups -OCH3 is 1. The lowest BCUT2D eigenvalue weighted by Crippen LogP contribution is -2.41. The van der Waals surface area contributed by atoms with E-state index >= 15 is 0 Å². The number of hydrogen-bond acceptors (Lipinski definition) is 4. The van der Waals surface area contributed by atoms with Gasteiger partial charge in [0.05, 0.1) is 12.0 Å². The van der Waals surface area contributed by atoms with Gasteiger partial charge in [0.2, 0.25) is 15.9 Å². The topological polar surface area (TPSA) is 75.7 Å². The van der Waals surface area contributed by atoms with Crippen molar-refractivity contribution in [3.63, 3.8) is 0 Å². The number of sulfonamides is 1. The van der Waals surface area contributed by atoms with E-state index in [0.29, 0.717) is 42.4 Å². The lowest BCUT2D eigenvalue weighted by molar-refractivity contribution is -0.120. The normalized spacial score (nSPS) is 16.0. The van der Waals surface area contributed by atoms with Crippen molar-refractivity contribution < 1.29 is 17.9 Å². The van der Waals surface area contributed by atoms with E-state index in [4.69, 9.17) is 16.3 Å². The molecule has 8 heteroatoms. The van der Waals surface area contributed by atoms with Crippen molar-refractivity contribution in [3.8, 4) is 5.75 Å². The van der Waals surface area contributed by atoms with Gasteiger partial charge in [0, 0.05) is 29.7 Å². The van der Waals surface area contributed by atoms with Crippen LogP contribution in [0.4, 0.5) is 5.69 Å². The van der Waals surface area contributed by atoms with Crippen LogP contribution in [-0.4, -0.2) is 38.8 Å². The van der Waals surface area contributed by atoms with Gasteiger partial charge in [-0.2, -0.15) is 4.31 Å². The van der Waals surface area contributed by atoms with E-state index in [9.17, 15) is 13.2 Å². The third-order valence-corrected chi connectivity index (χ3v) is 7.28. The first-order valence-corrected chi connectivity index (χ1v) is 10.8. The third kappa shape index (κ3) is 4.48. The Labute approximate surface area is 170 Å². The fourth-order valence-electron chi connectivity index (χ4n) is 3.17. The first kappa shape index (κ1) is 20.6. The Morgan fingerprint density at radius 3 is 2.36 bits per heavy atom. The van der Waals surface area contributed by atoms with E-state index in [-0.39, 0.29) is 16.7 Å². The van der Waals surface area contributed by atoms with Crippen molar-refractivity contribution >= 4 is 33.2 Å². The molecule has 2 aromatic rings. The number of hydrogen-bond donors (Lipinski definition) is 1. The lowest BCUT2D eigenvalue weighted by atomic mass is 9.97. The highest BCUT2D eigenvalue weighted by molar-refractivity contribution is 7.89. The number of anilines is 1. The van der Waals surface area contributed by atoms with E-state index in [1.807, 2.05) is 19.1 Å². The standard InChI is InChI=1S/C20H23ClN2O4S/c1-14-3-4-16(13-19(14)21)22-20(24)15-9-11-23(12-10-15)28(25,26)18-7-5-17(27-2)6-8-18/h3-8,13,15H,9-12H2,1-2H3,(H,22,24). The predicted octanol–water partition coefficient (Wildman–Crippen LogP) is 3.70. The molecule has 1 aliphatic rings. The van der Waals surface area contributed by atoms with Crippen molar-refractivity contribution in [1.82, 2.24) is 4.31 Å². The Morgan fingerprint density at radius 1 is 1.14 bits per heavy atom. The molecule has 0 unspecified atom stereocenters. The number of carbonyl (C=O) groups is 1. The molecule has 1 aliphatic heterocycles. The SMILES string of the molecule is COc1ccc(S(=O)(=O)N2CCC(C(=O)Nc3ccc(C)c(Cl)c3)CC2)cc1. The maximum absolute atomic E-state index is 12.8. The highest BCUT2D eigenvalue weighted by Gasteiger charge is 2.32. The van der Waals surface area contributed by atoms with Gasteiger partial charge in [-0.25, -0.2) is 8.42 Å². The molecule has 6 nitrogen and oxygen atoms in total. The lowest BCUT2D eigenvalue weighted by Gasteiger charge is -2.30. The number of amides is 1. The van der Waals surface area contributed by atoms with Crippen LogP contribution in [0.1, 0.15) is 18.4 Å². The summed E-state index contributed by atoms with van der Waals surface area (Å²) in [6.45, 7) is 2.51. The zero-order valence-corrected chi connectivity index (χ0v) is 17.4. The molecule has 3 rings (SSSR count). The minimum Gasteiger partial charge on any atom is -0.497 e. The van der Waals surface area contributed by atoms with Gasteiger partial charge < -0.3 is 10.1 Å². The summed E-state index contributed by atoms with van der Waals surface area (Å²) in [6.07, 6.45) is 0.946. The van der Waals surface area contributed by atoms with E-state index in [1.54, 1.807) is 18.2 Å². The van der Waals surface area contributed by atoms with E-state index in [1.165, 1.54) is 23.5 Å². The van der Waals surface area contributed by atoms with Crippen LogP contribution in [0, 0.1) is 12.8 Å². The van der Waals surface area contributed by atoms with Gasteiger partial charge >= 0.3 is 0 Å². The molecule has 150 valence electrons. The minimum absolute atomic E-state index is 0.110. The van der Waals surface area contributed by atoms with Crippen LogP contribution in [0.15, 0.2) is 47.4 Å². The molecule has 1 amide bonds. The average molecular weight is 423 g/mol. The molecule has 0 atom stereocenters. The summed E-state index contributed by atoms with van der Waals surface area (Å²) in [4.78, 5) is 12.8. The molecular formula is C20H23ClN2O4S. The van der Waals surface area contributed by atoms with Crippen molar-refractivity contribution in [3.05, 3.63) is 53.1 Å². The molecule has 0 bridgehead atoms. The summed E-state index contributed by atoms with van der Waals surface area (Å²) in [5, 5.41) is 3.47. The second kappa shape index (κ2) is 8.51. The summed E-state index contributed by atoms with van der Waals surface area (Å²) in [6, 6.07) is 11.7. The molecule has 0 radical (unpaired) electrons. The molecule has 0 aromatic heterocycles. The molecule has 1 saturated heterocycles. The van der Waals surface area contributed by atoms with Gasteiger partial charge in [0.15, 0.2) is 0 Å². The number of ether oxygens (including phenoxy) is 1. The zero-order valence-electron chi connectivity index (χ0n) is 15.8. The first-order valence-electron chi connectivity index (χ1n) is 9.02. The molecule has 28 heavy (non-hydrogen) atoms. The maximum atomic E-state index is 12.8. The molecule has 1 fully saturated rings. The molecule has 0 spiro atoms. The van der Waals surface area contributed by atoms with Crippen molar-refractivity contribution in [2.75, 3.05) is 25.5 Å². The van der Waals surface area contributed by atoms with Crippen LogP contribution in [0.2, 0.25) is 5.02 Å². The number of carbonyl (C=O) groups excluding carboxylic acids is 1. The maximum Gasteiger partial charge on any atom is 0.243 e. The minimum atomic E-state index is -3.58. The summed E-state index contributed by atoms with van der Waals surface area (Å²) >= 11 is 6.10. The third-order valence-electron chi connectivity index (χ3n) is 4.96. The Bertz CT molecular complexity index is 953. The fourth-order valence-corrected chi connectivity index (χ4v) is 4.82. The second-order valence-electron chi connectivity index (χ2n) is 6.81. The molecule has 1 heterocycles. The van der Waals surface area contributed by atoms with Gasteiger partial charge in [0.25, 0.3) is 0 Å². The van der Waals surface area contributed by atoms with Crippen LogP contribution in [0.25, 0.3) is 0 Å².